The molecular formula is C22H24N4O3. The average molecular weight is 392 g/mol. The van der Waals surface area contributed by atoms with E-state index in [0.29, 0.717) is 30.4 Å². The Morgan fingerprint density at radius 3 is 2.38 bits per heavy atom. The van der Waals surface area contributed by atoms with E-state index in [4.69, 9.17) is 9.47 Å². The quantitative estimate of drug-likeness (QED) is 0.569. The lowest BCUT2D eigenvalue weighted by Crippen LogP contribution is -2.28. The topological polar surface area (TPSA) is 85.4 Å². The van der Waals surface area contributed by atoms with Crippen molar-refractivity contribution in [2.75, 3.05) is 25.6 Å². The molecule has 1 amide bonds. The zero-order valence-corrected chi connectivity index (χ0v) is 16.7. The second kappa shape index (κ2) is 9.54. The number of carbonyl (C=O) groups excluding carboxylic acids is 1. The first kappa shape index (κ1) is 20.1. The van der Waals surface area contributed by atoms with Gasteiger partial charge in [-0.05, 0) is 55.3 Å². The Labute approximate surface area is 170 Å². The Kier molecular flexibility index (Phi) is 6.63. The van der Waals surface area contributed by atoms with Crippen LogP contribution in [0.2, 0.25) is 0 Å². The minimum absolute atomic E-state index is 0.249. The van der Waals surface area contributed by atoms with Crippen molar-refractivity contribution >= 4 is 17.5 Å². The van der Waals surface area contributed by atoms with Crippen LogP contribution in [0, 0.1) is 13.8 Å². The summed E-state index contributed by atoms with van der Waals surface area (Å²) in [5.74, 6) is 1.67. The van der Waals surface area contributed by atoms with Crippen LogP contribution in [0.15, 0.2) is 54.9 Å². The summed E-state index contributed by atoms with van der Waals surface area (Å²) in [6.07, 6.45) is 3.00. The van der Waals surface area contributed by atoms with E-state index in [1.54, 1.807) is 7.11 Å². The second-order valence-corrected chi connectivity index (χ2v) is 6.45. The third kappa shape index (κ3) is 5.44. The van der Waals surface area contributed by atoms with Crippen molar-refractivity contribution in [3.8, 4) is 11.5 Å². The molecule has 0 aliphatic heterocycles. The Bertz CT molecular complexity index is 957. The third-order valence-corrected chi connectivity index (χ3v) is 4.48. The summed E-state index contributed by atoms with van der Waals surface area (Å²) in [7, 11) is 1.61. The fourth-order valence-corrected chi connectivity index (χ4v) is 2.62. The van der Waals surface area contributed by atoms with Crippen LogP contribution in [0.3, 0.4) is 0 Å². The molecule has 0 radical (unpaired) electrons. The highest BCUT2D eigenvalue weighted by Gasteiger charge is 2.08. The first-order chi connectivity index (χ1) is 14.1. The van der Waals surface area contributed by atoms with E-state index in [2.05, 4.69) is 20.6 Å². The van der Waals surface area contributed by atoms with E-state index in [1.165, 1.54) is 18.0 Å². The maximum Gasteiger partial charge on any atom is 0.254 e. The fraction of sp³-hybridized carbons (Fsp3) is 0.227. The van der Waals surface area contributed by atoms with Gasteiger partial charge in [0.2, 0.25) is 5.95 Å². The molecule has 29 heavy (non-hydrogen) atoms. The normalized spacial score (nSPS) is 10.3. The highest BCUT2D eigenvalue weighted by Crippen LogP contribution is 2.20. The Balaban J connectivity index is 1.47. The molecule has 0 atom stereocenters. The molecule has 7 heteroatoms. The van der Waals surface area contributed by atoms with Gasteiger partial charge < -0.3 is 20.1 Å². The lowest BCUT2D eigenvalue weighted by atomic mass is 10.1. The summed E-state index contributed by atoms with van der Waals surface area (Å²) in [6, 6.07) is 13.3. The molecule has 2 aromatic carbocycles. The van der Waals surface area contributed by atoms with Crippen LogP contribution in [0.4, 0.5) is 11.6 Å². The molecule has 0 bridgehead atoms. The summed E-state index contributed by atoms with van der Waals surface area (Å²) >= 11 is 0. The van der Waals surface area contributed by atoms with Gasteiger partial charge in [-0.1, -0.05) is 12.1 Å². The maximum absolute atomic E-state index is 12.2. The van der Waals surface area contributed by atoms with Crippen LogP contribution in [-0.4, -0.2) is 36.1 Å². The van der Waals surface area contributed by atoms with Gasteiger partial charge in [0.1, 0.15) is 18.1 Å². The number of hydrogen-bond acceptors (Lipinski definition) is 6. The molecule has 0 aliphatic rings. The maximum atomic E-state index is 12.2. The van der Waals surface area contributed by atoms with Crippen molar-refractivity contribution in [1.82, 2.24) is 15.3 Å². The number of aromatic nitrogens is 2. The minimum atomic E-state index is -0.249. The number of anilines is 2. The van der Waals surface area contributed by atoms with Gasteiger partial charge in [-0.25, -0.2) is 9.97 Å². The summed E-state index contributed by atoms with van der Waals surface area (Å²) in [6.45, 7) is 4.80. The Hall–Kier alpha value is -3.61. The molecule has 2 N–H and O–H groups in total. The largest absolute Gasteiger partial charge is 0.497 e. The van der Waals surface area contributed by atoms with Crippen molar-refractivity contribution in [1.29, 1.82) is 0 Å². The van der Waals surface area contributed by atoms with Gasteiger partial charge in [-0.3, -0.25) is 4.79 Å². The van der Waals surface area contributed by atoms with Gasteiger partial charge in [-0.2, -0.15) is 0 Å². The molecule has 0 fully saturated rings. The molecule has 3 aromatic rings. The van der Waals surface area contributed by atoms with E-state index >= 15 is 0 Å². The number of benzene rings is 2. The standard InChI is InChI=1S/C22H24N4O3/c1-15-5-4-6-20(16(15)2)26-22-24-13-17(14-25-22)21(27)23-11-12-29-19-9-7-18(28-3)8-10-19/h4-10,13-14H,11-12H2,1-3H3,(H,23,27)(H,24,25,26). The zero-order valence-electron chi connectivity index (χ0n) is 16.7. The highest BCUT2D eigenvalue weighted by molar-refractivity contribution is 5.93. The average Bonchev–Trinajstić information content (AvgIpc) is 2.75. The molecular weight excluding hydrogens is 368 g/mol. The predicted molar refractivity (Wildman–Crippen MR) is 112 cm³/mol. The number of nitrogens with zero attached hydrogens (tertiary/aromatic N) is 2. The molecule has 0 aliphatic carbocycles. The van der Waals surface area contributed by atoms with Crippen LogP contribution < -0.4 is 20.1 Å². The van der Waals surface area contributed by atoms with E-state index in [0.717, 1.165) is 17.0 Å². The number of nitrogens with one attached hydrogen (secondary N) is 2. The van der Waals surface area contributed by atoms with Crippen LogP contribution >= 0.6 is 0 Å². The van der Waals surface area contributed by atoms with Crippen LogP contribution in [-0.2, 0) is 0 Å². The SMILES string of the molecule is COc1ccc(OCCNC(=O)c2cnc(Nc3cccc(C)c3C)nc2)cc1. The minimum Gasteiger partial charge on any atom is -0.497 e. The number of rotatable bonds is 8. The van der Waals surface area contributed by atoms with Crippen LogP contribution in [0.25, 0.3) is 0 Å². The van der Waals surface area contributed by atoms with E-state index in [1.807, 2.05) is 56.3 Å². The van der Waals surface area contributed by atoms with E-state index in [9.17, 15) is 4.79 Å². The molecule has 7 nitrogen and oxygen atoms in total. The van der Waals surface area contributed by atoms with E-state index in [-0.39, 0.29) is 5.91 Å². The Morgan fingerprint density at radius 1 is 1.00 bits per heavy atom. The molecule has 1 aromatic heterocycles. The van der Waals surface area contributed by atoms with Gasteiger partial charge in [0, 0.05) is 18.1 Å². The predicted octanol–water partition coefficient (Wildman–Crippen LogP) is 3.65. The van der Waals surface area contributed by atoms with E-state index < -0.39 is 0 Å². The van der Waals surface area contributed by atoms with Crippen molar-refractivity contribution < 1.29 is 14.3 Å². The first-order valence-corrected chi connectivity index (χ1v) is 9.27. The number of amides is 1. The number of aryl methyl sites for hydroxylation is 1. The summed E-state index contributed by atoms with van der Waals surface area (Å²) in [5, 5.41) is 5.96. The molecule has 1 heterocycles. The Morgan fingerprint density at radius 2 is 1.69 bits per heavy atom. The van der Waals surface area contributed by atoms with Crippen LogP contribution in [0.5, 0.6) is 11.5 Å². The summed E-state index contributed by atoms with van der Waals surface area (Å²) in [4.78, 5) is 20.7. The fourth-order valence-electron chi connectivity index (χ4n) is 2.62. The van der Waals surface area contributed by atoms with Gasteiger partial charge in [0.25, 0.3) is 5.91 Å². The molecule has 0 saturated carbocycles. The summed E-state index contributed by atoms with van der Waals surface area (Å²) in [5.41, 5.74) is 3.65. The van der Waals surface area contributed by atoms with Crippen molar-refractivity contribution in [2.45, 2.75) is 13.8 Å². The van der Waals surface area contributed by atoms with Crippen molar-refractivity contribution in [3.63, 3.8) is 0 Å². The van der Waals surface area contributed by atoms with Gasteiger partial charge in [0.05, 0.1) is 19.2 Å². The monoisotopic (exact) mass is 392 g/mol. The lowest BCUT2D eigenvalue weighted by molar-refractivity contribution is 0.0946. The summed E-state index contributed by atoms with van der Waals surface area (Å²) < 4.78 is 10.7. The van der Waals surface area contributed by atoms with Crippen LogP contribution in [0.1, 0.15) is 21.5 Å². The number of ether oxygens (including phenoxy) is 2. The molecule has 150 valence electrons. The first-order valence-electron chi connectivity index (χ1n) is 9.27. The molecule has 0 saturated heterocycles. The second-order valence-electron chi connectivity index (χ2n) is 6.45. The lowest BCUT2D eigenvalue weighted by Gasteiger charge is -2.10. The third-order valence-electron chi connectivity index (χ3n) is 4.48. The van der Waals surface area contributed by atoms with Gasteiger partial charge in [0.15, 0.2) is 0 Å². The number of hydrogen-bond donors (Lipinski definition) is 2. The highest BCUT2D eigenvalue weighted by atomic mass is 16.5. The van der Waals surface area contributed by atoms with Crippen molar-refractivity contribution in [2.24, 2.45) is 0 Å². The van der Waals surface area contributed by atoms with Gasteiger partial charge >= 0.3 is 0 Å². The van der Waals surface area contributed by atoms with Gasteiger partial charge in [-0.15, -0.1) is 0 Å². The smallest absolute Gasteiger partial charge is 0.254 e. The zero-order chi connectivity index (χ0) is 20.6. The molecule has 0 unspecified atom stereocenters. The van der Waals surface area contributed by atoms with Crippen molar-refractivity contribution in [3.05, 3.63) is 71.5 Å². The number of methoxy groups -OCH3 is 1. The number of carbonyl (C=O) groups is 1. The molecule has 3 rings (SSSR count). The molecule has 0 spiro atoms.